The van der Waals surface area contributed by atoms with Crippen molar-refractivity contribution < 1.29 is 13.9 Å². The second-order valence-electron chi connectivity index (χ2n) is 6.33. The van der Waals surface area contributed by atoms with Crippen LogP contribution in [0.4, 0.5) is 4.39 Å². The minimum absolute atomic E-state index is 0. The van der Waals surface area contributed by atoms with Crippen LogP contribution in [0.5, 0.6) is 0 Å². The topological polar surface area (TPSA) is 55.6 Å². The van der Waals surface area contributed by atoms with Crippen LogP contribution in [0.15, 0.2) is 54.6 Å². The summed E-state index contributed by atoms with van der Waals surface area (Å²) in [5.41, 5.74) is 7.14. The summed E-state index contributed by atoms with van der Waals surface area (Å²) in [5, 5.41) is 0. The first-order valence-corrected chi connectivity index (χ1v) is 8.59. The second kappa shape index (κ2) is 9.67. The Morgan fingerprint density at radius 2 is 1.77 bits per heavy atom. The van der Waals surface area contributed by atoms with Gasteiger partial charge in [-0.25, -0.2) is 4.39 Å². The molecule has 4 nitrogen and oxygen atoms in total. The molecule has 2 atom stereocenters. The van der Waals surface area contributed by atoms with E-state index in [1.54, 1.807) is 23.1 Å². The standard InChI is InChI=1S/C20H23FN2O2.ClH/c21-18-9-5-4-8-16(18)14-23(13-15-6-2-1-3-7-15)20(24)19-11-10-17(12-22)25-19;/h1-9,17,19H,10-14,22H2;1H/t17-,19+;/m1./s1. The zero-order valence-corrected chi connectivity index (χ0v) is 15.3. The number of carbonyl (C=O) groups excluding carboxylic acids is 1. The number of hydrogen-bond donors (Lipinski definition) is 1. The van der Waals surface area contributed by atoms with Crippen LogP contribution in [0.2, 0.25) is 0 Å². The van der Waals surface area contributed by atoms with Gasteiger partial charge in [-0.3, -0.25) is 4.79 Å². The molecule has 0 bridgehead atoms. The van der Waals surface area contributed by atoms with Gasteiger partial charge in [0.05, 0.1) is 6.10 Å². The molecule has 0 spiro atoms. The maximum absolute atomic E-state index is 14.1. The van der Waals surface area contributed by atoms with E-state index in [9.17, 15) is 9.18 Å². The summed E-state index contributed by atoms with van der Waals surface area (Å²) in [5.74, 6) is -0.413. The van der Waals surface area contributed by atoms with Crippen molar-refractivity contribution in [3.8, 4) is 0 Å². The lowest BCUT2D eigenvalue weighted by molar-refractivity contribution is -0.144. The fourth-order valence-electron chi connectivity index (χ4n) is 3.11. The van der Waals surface area contributed by atoms with Crippen molar-refractivity contribution in [2.75, 3.05) is 6.54 Å². The van der Waals surface area contributed by atoms with Crippen molar-refractivity contribution in [2.45, 2.75) is 38.1 Å². The fraction of sp³-hybridized carbons (Fsp3) is 0.350. The van der Waals surface area contributed by atoms with Crippen molar-refractivity contribution in [3.05, 3.63) is 71.5 Å². The van der Waals surface area contributed by atoms with Gasteiger partial charge in [0.25, 0.3) is 5.91 Å². The Balaban J connectivity index is 0.00000243. The number of carbonyl (C=O) groups is 1. The molecule has 2 N–H and O–H groups in total. The second-order valence-corrected chi connectivity index (χ2v) is 6.33. The SMILES string of the molecule is Cl.NC[C@H]1CC[C@@H](C(=O)N(Cc2ccccc2)Cc2ccccc2F)O1. The molecule has 1 aliphatic heterocycles. The Kier molecular flexibility index (Phi) is 7.57. The molecule has 1 saturated heterocycles. The van der Waals surface area contributed by atoms with Crippen LogP contribution in [0.1, 0.15) is 24.0 Å². The van der Waals surface area contributed by atoms with E-state index in [0.29, 0.717) is 25.1 Å². The fourth-order valence-corrected chi connectivity index (χ4v) is 3.11. The van der Waals surface area contributed by atoms with Gasteiger partial charge < -0.3 is 15.4 Å². The molecule has 26 heavy (non-hydrogen) atoms. The molecule has 3 rings (SSSR count). The maximum Gasteiger partial charge on any atom is 0.252 e. The highest BCUT2D eigenvalue weighted by molar-refractivity contribution is 5.85. The van der Waals surface area contributed by atoms with Gasteiger partial charge in [-0.2, -0.15) is 0 Å². The van der Waals surface area contributed by atoms with Crippen LogP contribution in [-0.2, 0) is 22.6 Å². The molecule has 0 aliphatic carbocycles. The molecule has 0 radical (unpaired) electrons. The number of benzene rings is 2. The van der Waals surface area contributed by atoms with Crippen molar-refractivity contribution in [2.24, 2.45) is 5.73 Å². The number of hydrogen-bond acceptors (Lipinski definition) is 3. The van der Waals surface area contributed by atoms with E-state index in [4.69, 9.17) is 10.5 Å². The first kappa shape index (κ1) is 20.4. The third kappa shape index (κ3) is 5.04. The lowest BCUT2D eigenvalue weighted by atomic mass is 10.1. The molecule has 0 saturated carbocycles. The zero-order valence-electron chi connectivity index (χ0n) is 14.5. The highest BCUT2D eigenvalue weighted by Crippen LogP contribution is 2.23. The van der Waals surface area contributed by atoms with Crippen molar-refractivity contribution in [1.82, 2.24) is 4.90 Å². The Hall–Kier alpha value is -1.95. The lowest BCUT2D eigenvalue weighted by Crippen LogP contribution is -2.39. The minimum atomic E-state index is -0.496. The number of amides is 1. The van der Waals surface area contributed by atoms with Gasteiger partial charge >= 0.3 is 0 Å². The highest BCUT2D eigenvalue weighted by Gasteiger charge is 2.33. The first-order chi connectivity index (χ1) is 12.2. The smallest absolute Gasteiger partial charge is 0.252 e. The molecule has 1 heterocycles. The summed E-state index contributed by atoms with van der Waals surface area (Å²) < 4.78 is 19.8. The summed E-state index contributed by atoms with van der Waals surface area (Å²) in [6, 6.07) is 16.2. The quantitative estimate of drug-likeness (QED) is 0.839. The summed E-state index contributed by atoms with van der Waals surface area (Å²) in [6.45, 7) is 1.05. The zero-order chi connectivity index (χ0) is 17.6. The Morgan fingerprint density at radius 3 is 2.42 bits per heavy atom. The maximum atomic E-state index is 14.1. The lowest BCUT2D eigenvalue weighted by Gasteiger charge is -2.26. The minimum Gasteiger partial charge on any atom is -0.364 e. The van der Waals surface area contributed by atoms with Gasteiger partial charge in [-0.05, 0) is 24.5 Å². The van der Waals surface area contributed by atoms with Gasteiger partial charge in [-0.1, -0.05) is 48.5 Å². The van der Waals surface area contributed by atoms with Crippen LogP contribution in [0, 0.1) is 5.82 Å². The molecule has 1 aliphatic rings. The predicted molar refractivity (Wildman–Crippen MR) is 101 cm³/mol. The van der Waals surface area contributed by atoms with Crippen molar-refractivity contribution >= 4 is 18.3 Å². The number of halogens is 2. The summed E-state index contributed by atoms with van der Waals surface area (Å²) >= 11 is 0. The van der Waals surface area contributed by atoms with Gasteiger partial charge in [-0.15, -0.1) is 12.4 Å². The molecule has 2 aromatic carbocycles. The van der Waals surface area contributed by atoms with Crippen LogP contribution < -0.4 is 5.73 Å². The van der Waals surface area contributed by atoms with Crippen molar-refractivity contribution in [3.63, 3.8) is 0 Å². The summed E-state index contributed by atoms with van der Waals surface area (Å²) in [7, 11) is 0. The number of nitrogens with zero attached hydrogens (tertiary/aromatic N) is 1. The van der Waals surface area contributed by atoms with Gasteiger partial charge in [0.1, 0.15) is 11.9 Å². The number of rotatable bonds is 6. The molecule has 1 amide bonds. The van der Waals surface area contributed by atoms with E-state index in [2.05, 4.69) is 0 Å². The first-order valence-electron chi connectivity index (χ1n) is 8.59. The van der Waals surface area contributed by atoms with Crippen LogP contribution in [0.25, 0.3) is 0 Å². The monoisotopic (exact) mass is 378 g/mol. The molecular formula is C20H24ClFN2O2. The molecule has 2 aromatic rings. The molecule has 0 unspecified atom stereocenters. The molecule has 0 aromatic heterocycles. The Morgan fingerprint density at radius 1 is 1.08 bits per heavy atom. The molecule has 6 heteroatoms. The average Bonchev–Trinajstić information content (AvgIpc) is 3.12. The van der Waals surface area contributed by atoms with E-state index >= 15 is 0 Å². The highest BCUT2D eigenvalue weighted by atomic mass is 35.5. The number of ether oxygens (including phenoxy) is 1. The van der Waals surface area contributed by atoms with Crippen molar-refractivity contribution in [1.29, 1.82) is 0 Å². The van der Waals surface area contributed by atoms with E-state index in [0.717, 1.165) is 12.0 Å². The average molecular weight is 379 g/mol. The van der Waals surface area contributed by atoms with E-state index in [1.807, 2.05) is 30.3 Å². The summed E-state index contributed by atoms with van der Waals surface area (Å²) in [4.78, 5) is 14.6. The normalized spacial score (nSPS) is 19.0. The molecular weight excluding hydrogens is 355 g/mol. The molecule has 1 fully saturated rings. The Bertz CT molecular complexity index is 714. The largest absolute Gasteiger partial charge is 0.364 e. The van der Waals surface area contributed by atoms with E-state index in [1.165, 1.54) is 6.07 Å². The van der Waals surface area contributed by atoms with E-state index in [-0.39, 0.29) is 36.8 Å². The van der Waals surface area contributed by atoms with Gasteiger partial charge in [0.2, 0.25) is 0 Å². The van der Waals surface area contributed by atoms with Gasteiger partial charge in [0.15, 0.2) is 0 Å². The number of nitrogens with two attached hydrogens (primary N) is 1. The van der Waals surface area contributed by atoms with Crippen LogP contribution in [0.3, 0.4) is 0 Å². The van der Waals surface area contributed by atoms with Crippen LogP contribution in [-0.4, -0.2) is 29.6 Å². The third-order valence-corrected chi connectivity index (χ3v) is 4.49. The van der Waals surface area contributed by atoms with E-state index < -0.39 is 6.10 Å². The van der Waals surface area contributed by atoms with Gasteiger partial charge in [0, 0.05) is 25.2 Å². The predicted octanol–water partition coefficient (Wildman–Crippen LogP) is 3.28. The van der Waals surface area contributed by atoms with Crippen LogP contribution >= 0.6 is 12.4 Å². The molecule has 140 valence electrons. The third-order valence-electron chi connectivity index (χ3n) is 4.49. The Labute approximate surface area is 159 Å². The summed E-state index contributed by atoms with van der Waals surface area (Å²) in [6.07, 6.45) is 0.875.